The third-order valence-electron chi connectivity index (χ3n) is 4.85. The maximum Gasteiger partial charge on any atom is 0.219 e. The predicted octanol–water partition coefficient (Wildman–Crippen LogP) is 2.79. The zero-order valence-electron chi connectivity index (χ0n) is 13.8. The summed E-state index contributed by atoms with van der Waals surface area (Å²) in [4.78, 5) is 16.4. The van der Waals surface area contributed by atoms with E-state index in [-0.39, 0.29) is 11.3 Å². The molecule has 2 fully saturated rings. The molecule has 1 amide bonds. The maximum atomic E-state index is 11.8. The van der Waals surface area contributed by atoms with Gasteiger partial charge in [-0.1, -0.05) is 0 Å². The molecule has 0 unspecified atom stereocenters. The van der Waals surface area contributed by atoms with Gasteiger partial charge in [-0.15, -0.1) is 0 Å². The molecule has 1 saturated carbocycles. The van der Waals surface area contributed by atoms with Gasteiger partial charge in [0.05, 0.1) is 11.5 Å². The van der Waals surface area contributed by atoms with Crippen LogP contribution in [0.15, 0.2) is 0 Å². The van der Waals surface area contributed by atoms with E-state index in [1.165, 1.54) is 25.7 Å². The monoisotopic (exact) mass is 291 g/mol. The molecular weight excluding hydrogens is 262 g/mol. The van der Waals surface area contributed by atoms with E-state index in [4.69, 9.17) is 5.26 Å². The van der Waals surface area contributed by atoms with Gasteiger partial charge in [0.1, 0.15) is 0 Å². The van der Waals surface area contributed by atoms with Gasteiger partial charge in [-0.05, 0) is 65.5 Å². The minimum Gasteiger partial charge on any atom is -0.338 e. The molecule has 0 aromatic heterocycles. The Bertz CT molecular complexity index is 409. The highest BCUT2D eigenvalue weighted by atomic mass is 16.2. The second kappa shape index (κ2) is 6.79. The average Bonchev–Trinajstić information content (AvgIpc) is 3.17. The molecule has 4 heteroatoms. The van der Waals surface area contributed by atoms with Gasteiger partial charge in [0.15, 0.2) is 0 Å². The van der Waals surface area contributed by atoms with Crippen molar-refractivity contribution in [3.8, 4) is 6.07 Å². The van der Waals surface area contributed by atoms with Crippen LogP contribution in [0.4, 0.5) is 0 Å². The Labute approximate surface area is 129 Å². The number of rotatable bonds is 7. The molecule has 0 spiro atoms. The summed E-state index contributed by atoms with van der Waals surface area (Å²) < 4.78 is 0. The summed E-state index contributed by atoms with van der Waals surface area (Å²) in [6, 6.07) is 3.42. The minimum atomic E-state index is -0.214. The summed E-state index contributed by atoms with van der Waals surface area (Å²) in [5.74, 6) is 0.231. The van der Waals surface area contributed by atoms with Gasteiger partial charge in [-0.25, -0.2) is 0 Å². The van der Waals surface area contributed by atoms with Gasteiger partial charge in [0.25, 0.3) is 0 Å². The van der Waals surface area contributed by atoms with E-state index in [2.05, 4.69) is 15.9 Å². The topological polar surface area (TPSA) is 47.3 Å². The first kappa shape index (κ1) is 16.3. The standard InChI is InChI=1S/C17H29N3O/c1-14(21)20(15-7-8-15)12-16-6-4-10-19(16)11-5-9-17(2,3)13-18/h15-16H,4-12H2,1-3H3/t16-/m1/s1. The Balaban J connectivity index is 1.80. The van der Waals surface area contributed by atoms with Crippen LogP contribution in [-0.4, -0.2) is 47.4 Å². The smallest absolute Gasteiger partial charge is 0.219 e. The number of hydrogen-bond acceptors (Lipinski definition) is 3. The van der Waals surface area contributed by atoms with Crippen molar-refractivity contribution in [2.24, 2.45) is 5.41 Å². The number of carbonyl (C=O) groups is 1. The van der Waals surface area contributed by atoms with E-state index in [9.17, 15) is 4.79 Å². The molecule has 1 saturated heterocycles. The molecular formula is C17H29N3O. The molecule has 118 valence electrons. The Hall–Kier alpha value is -1.08. The molecule has 21 heavy (non-hydrogen) atoms. The van der Waals surface area contributed by atoms with Gasteiger partial charge in [0, 0.05) is 25.6 Å². The molecule has 0 radical (unpaired) electrons. The zero-order chi connectivity index (χ0) is 15.5. The second-order valence-electron chi connectivity index (χ2n) is 7.33. The number of nitrogens with zero attached hydrogens (tertiary/aromatic N) is 3. The van der Waals surface area contributed by atoms with Crippen LogP contribution in [0.5, 0.6) is 0 Å². The normalized spacial score (nSPS) is 23.0. The van der Waals surface area contributed by atoms with Crippen molar-refractivity contribution in [2.45, 2.75) is 71.4 Å². The molecule has 0 bridgehead atoms. The lowest BCUT2D eigenvalue weighted by Crippen LogP contribution is -2.43. The molecule has 1 aliphatic heterocycles. The van der Waals surface area contributed by atoms with E-state index in [0.717, 1.165) is 32.5 Å². The van der Waals surface area contributed by atoms with E-state index in [1.54, 1.807) is 6.92 Å². The van der Waals surface area contributed by atoms with Crippen molar-refractivity contribution in [3.05, 3.63) is 0 Å². The minimum absolute atomic E-state index is 0.214. The molecule has 0 N–H and O–H groups in total. The molecule has 2 rings (SSSR count). The van der Waals surface area contributed by atoms with Crippen LogP contribution in [0, 0.1) is 16.7 Å². The van der Waals surface area contributed by atoms with E-state index >= 15 is 0 Å². The lowest BCUT2D eigenvalue weighted by atomic mass is 9.90. The predicted molar refractivity (Wildman–Crippen MR) is 83.6 cm³/mol. The molecule has 0 aromatic rings. The highest BCUT2D eigenvalue weighted by molar-refractivity contribution is 5.74. The lowest BCUT2D eigenvalue weighted by molar-refractivity contribution is -0.130. The first-order valence-corrected chi connectivity index (χ1v) is 8.35. The summed E-state index contributed by atoms with van der Waals surface area (Å²) in [5, 5.41) is 9.08. The molecule has 1 atom stereocenters. The first-order chi connectivity index (χ1) is 9.93. The van der Waals surface area contributed by atoms with Crippen LogP contribution in [0.3, 0.4) is 0 Å². The molecule has 2 aliphatic rings. The number of carbonyl (C=O) groups excluding carboxylic acids is 1. The fourth-order valence-corrected chi connectivity index (χ4v) is 3.32. The molecule has 1 heterocycles. The lowest BCUT2D eigenvalue weighted by Gasteiger charge is -2.31. The van der Waals surface area contributed by atoms with E-state index in [1.807, 2.05) is 13.8 Å². The SMILES string of the molecule is CC(=O)N(C[C@H]1CCCN1CCCC(C)(C)C#N)C1CC1. The van der Waals surface area contributed by atoms with E-state index in [0.29, 0.717) is 12.1 Å². The van der Waals surface area contributed by atoms with Crippen molar-refractivity contribution in [2.75, 3.05) is 19.6 Å². The first-order valence-electron chi connectivity index (χ1n) is 8.35. The number of hydrogen-bond donors (Lipinski definition) is 0. The molecule has 4 nitrogen and oxygen atoms in total. The Morgan fingerprint density at radius 2 is 2.10 bits per heavy atom. The van der Waals surface area contributed by atoms with Crippen molar-refractivity contribution in [1.29, 1.82) is 5.26 Å². The second-order valence-corrected chi connectivity index (χ2v) is 7.33. The number of likely N-dealkylation sites (tertiary alicyclic amines) is 1. The van der Waals surface area contributed by atoms with Crippen LogP contribution < -0.4 is 0 Å². The highest BCUT2D eigenvalue weighted by Gasteiger charge is 2.35. The van der Waals surface area contributed by atoms with Gasteiger partial charge in [-0.2, -0.15) is 5.26 Å². The van der Waals surface area contributed by atoms with Crippen molar-refractivity contribution in [1.82, 2.24) is 9.80 Å². The Kier molecular flexibility index (Phi) is 5.27. The Morgan fingerprint density at radius 1 is 1.38 bits per heavy atom. The van der Waals surface area contributed by atoms with Gasteiger partial charge in [-0.3, -0.25) is 9.69 Å². The summed E-state index contributed by atoms with van der Waals surface area (Å²) >= 11 is 0. The third kappa shape index (κ3) is 4.71. The van der Waals surface area contributed by atoms with Crippen LogP contribution in [0.2, 0.25) is 0 Å². The van der Waals surface area contributed by atoms with E-state index < -0.39 is 0 Å². The summed E-state index contributed by atoms with van der Waals surface area (Å²) in [5.41, 5.74) is -0.214. The highest BCUT2D eigenvalue weighted by Crippen LogP contribution is 2.29. The fraction of sp³-hybridized carbons (Fsp3) is 0.882. The van der Waals surface area contributed by atoms with Gasteiger partial charge in [0.2, 0.25) is 5.91 Å². The molecule has 0 aromatic carbocycles. The van der Waals surface area contributed by atoms with Crippen LogP contribution >= 0.6 is 0 Å². The van der Waals surface area contributed by atoms with Gasteiger partial charge >= 0.3 is 0 Å². The van der Waals surface area contributed by atoms with Crippen LogP contribution in [-0.2, 0) is 4.79 Å². The summed E-state index contributed by atoms with van der Waals surface area (Å²) in [6.07, 6.45) is 6.83. The quantitative estimate of drug-likeness (QED) is 0.724. The van der Waals surface area contributed by atoms with Crippen molar-refractivity contribution < 1.29 is 4.79 Å². The van der Waals surface area contributed by atoms with Crippen molar-refractivity contribution in [3.63, 3.8) is 0 Å². The maximum absolute atomic E-state index is 11.8. The Morgan fingerprint density at radius 3 is 2.67 bits per heavy atom. The average molecular weight is 291 g/mol. The zero-order valence-corrected chi connectivity index (χ0v) is 13.8. The number of amides is 1. The summed E-state index contributed by atoms with van der Waals surface area (Å²) in [6.45, 7) is 8.84. The van der Waals surface area contributed by atoms with Crippen molar-refractivity contribution >= 4 is 5.91 Å². The van der Waals surface area contributed by atoms with Crippen LogP contribution in [0.1, 0.15) is 59.3 Å². The molecule has 1 aliphatic carbocycles. The third-order valence-corrected chi connectivity index (χ3v) is 4.85. The number of nitriles is 1. The summed E-state index contributed by atoms with van der Waals surface area (Å²) in [7, 11) is 0. The van der Waals surface area contributed by atoms with Gasteiger partial charge < -0.3 is 4.90 Å². The van der Waals surface area contributed by atoms with Crippen LogP contribution in [0.25, 0.3) is 0 Å². The largest absolute Gasteiger partial charge is 0.338 e. The fourth-order valence-electron chi connectivity index (χ4n) is 3.32.